The molecule has 0 saturated carbocycles. The smallest absolute Gasteiger partial charge is 0.0431 e. The Labute approximate surface area is 94.9 Å². The second-order valence-electron chi connectivity index (χ2n) is 3.94. The lowest BCUT2D eigenvalue weighted by Crippen LogP contribution is -1.83. The first-order valence-corrected chi connectivity index (χ1v) is 6.30. The van der Waals surface area contributed by atoms with Gasteiger partial charge in [-0.25, -0.2) is 0 Å². The zero-order chi connectivity index (χ0) is 11.2. The van der Waals surface area contributed by atoms with Crippen molar-refractivity contribution in [3.63, 3.8) is 0 Å². The van der Waals surface area contributed by atoms with Gasteiger partial charge in [-0.05, 0) is 26.2 Å². The lowest BCUT2D eigenvalue weighted by molar-refractivity contribution is 0.282. The van der Waals surface area contributed by atoms with Gasteiger partial charge in [-0.15, -0.1) is 0 Å². The Balaban J connectivity index is 2.98. The first kappa shape index (κ1) is 14.4. The SMILES string of the molecule is C/C=C/C=C/CCCCCCCCCO. The molecule has 1 N–H and O–H groups in total. The van der Waals surface area contributed by atoms with Crippen LogP contribution in [-0.4, -0.2) is 11.7 Å². The van der Waals surface area contributed by atoms with Crippen LogP contribution in [0.5, 0.6) is 0 Å². The van der Waals surface area contributed by atoms with E-state index in [1.165, 1.54) is 44.9 Å². The number of rotatable bonds is 10. The van der Waals surface area contributed by atoms with Crippen LogP contribution >= 0.6 is 0 Å². The fraction of sp³-hybridized carbons (Fsp3) is 0.714. The van der Waals surface area contributed by atoms with E-state index in [4.69, 9.17) is 5.11 Å². The third kappa shape index (κ3) is 13.4. The molecule has 0 bridgehead atoms. The maximum Gasteiger partial charge on any atom is 0.0431 e. The quantitative estimate of drug-likeness (QED) is 0.422. The van der Waals surface area contributed by atoms with Gasteiger partial charge in [0.05, 0.1) is 0 Å². The zero-order valence-corrected chi connectivity index (χ0v) is 10.1. The third-order valence-electron chi connectivity index (χ3n) is 2.47. The average molecular weight is 210 g/mol. The molecule has 0 spiro atoms. The Morgan fingerprint density at radius 3 is 2.00 bits per heavy atom. The highest BCUT2D eigenvalue weighted by Gasteiger charge is 1.90. The number of aliphatic hydroxyl groups excluding tert-OH is 1. The molecule has 0 atom stereocenters. The molecule has 0 saturated heterocycles. The summed E-state index contributed by atoms with van der Waals surface area (Å²) in [7, 11) is 0. The number of hydrogen-bond acceptors (Lipinski definition) is 1. The van der Waals surface area contributed by atoms with Crippen LogP contribution in [0.15, 0.2) is 24.3 Å². The van der Waals surface area contributed by atoms with E-state index in [1.54, 1.807) is 0 Å². The van der Waals surface area contributed by atoms with Crippen molar-refractivity contribution < 1.29 is 5.11 Å². The molecule has 0 aromatic carbocycles. The Kier molecular flexibility index (Phi) is 12.9. The Morgan fingerprint density at radius 2 is 1.40 bits per heavy atom. The van der Waals surface area contributed by atoms with Crippen LogP contribution in [0.2, 0.25) is 0 Å². The van der Waals surface area contributed by atoms with Crippen molar-refractivity contribution in [3.8, 4) is 0 Å². The second kappa shape index (κ2) is 13.4. The fourth-order valence-electron chi connectivity index (χ4n) is 1.54. The molecule has 0 aromatic rings. The first-order chi connectivity index (χ1) is 7.41. The average Bonchev–Trinajstić information content (AvgIpc) is 2.26. The normalized spacial score (nSPS) is 11.9. The molecule has 0 aliphatic carbocycles. The molecule has 0 radical (unpaired) electrons. The van der Waals surface area contributed by atoms with Gasteiger partial charge in [-0.1, -0.05) is 56.4 Å². The molecule has 0 amide bonds. The van der Waals surface area contributed by atoms with Crippen molar-refractivity contribution in [2.75, 3.05) is 6.61 Å². The molecule has 1 nitrogen and oxygen atoms in total. The van der Waals surface area contributed by atoms with Crippen molar-refractivity contribution in [1.29, 1.82) is 0 Å². The maximum absolute atomic E-state index is 8.60. The highest BCUT2D eigenvalue weighted by molar-refractivity contribution is 5.00. The topological polar surface area (TPSA) is 20.2 Å². The van der Waals surface area contributed by atoms with Crippen molar-refractivity contribution in [3.05, 3.63) is 24.3 Å². The van der Waals surface area contributed by atoms with E-state index in [9.17, 15) is 0 Å². The van der Waals surface area contributed by atoms with Gasteiger partial charge in [-0.2, -0.15) is 0 Å². The summed E-state index contributed by atoms with van der Waals surface area (Å²) in [6.45, 7) is 2.40. The molecular weight excluding hydrogens is 184 g/mol. The van der Waals surface area contributed by atoms with Crippen LogP contribution < -0.4 is 0 Å². The predicted octanol–water partition coefficient (Wildman–Crippen LogP) is 4.23. The van der Waals surface area contributed by atoms with E-state index in [2.05, 4.69) is 24.3 Å². The van der Waals surface area contributed by atoms with Crippen LogP contribution in [-0.2, 0) is 0 Å². The standard InChI is InChI=1S/C14H26O/c1-2-3-4-5-6-7-8-9-10-11-12-13-14-15/h2-5,15H,6-14H2,1H3/b3-2+,5-4+. The number of hydrogen-bond donors (Lipinski definition) is 1. The first-order valence-electron chi connectivity index (χ1n) is 6.30. The molecule has 15 heavy (non-hydrogen) atoms. The van der Waals surface area contributed by atoms with Gasteiger partial charge in [0.1, 0.15) is 0 Å². The zero-order valence-electron chi connectivity index (χ0n) is 10.1. The lowest BCUT2D eigenvalue weighted by Gasteiger charge is -1.99. The monoisotopic (exact) mass is 210 g/mol. The van der Waals surface area contributed by atoms with Gasteiger partial charge in [0, 0.05) is 6.61 Å². The highest BCUT2D eigenvalue weighted by atomic mass is 16.2. The van der Waals surface area contributed by atoms with Crippen molar-refractivity contribution in [2.45, 2.75) is 58.3 Å². The Bertz CT molecular complexity index is 159. The Hall–Kier alpha value is -0.560. The summed E-state index contributed by atoms with van der Waals surface area (Å²) >= 11 is 0. The summed E-state index contributed by atoms with van der Waals surface area (Å²) < 4.78 is 0. The fourth-order valence-corrected chi connectivity index (χ4v) is 1.54. The molecule has 0 aliphatic rings. The van der Waals surface area contributed by atoms with Crippen LogP contribution in [0.25, 0.3) is 0 Å². The summed E-state index contributed by atoms with van der Waals surface area (Å²) in [5.74, 6) is 0. The molecule has 1 heteroatoms. The van der Waals surface area contributed by atoms with Gasteiger partial charge in [-0.3, -0.25) is 0 Å². The van der Waals surface area contributed by atoms with Crippen molar-refractivity contribution >= 4 is 0 Å². The molecule has 0 aliphatic heterocycles. The van der Waals surface area contributed by atoms with Crippen molar-refractivity contribution in [1.82, 2.24) is 0 Å². The molecule has 88 valence electrons. The van der Waals surface area contributed by atoms with Gasteiger partial charge in [0.2, 0.25) is 0 Å². The summed E-state index contributed by atoms with van der Waals surface area (Å²) in [6, 6.07) is 0. The van der Waals surface area contributed by atoms with Gasteiger partial charge >= 0.3 is 0 Å². The van der Waals surface area contributed by atoms with Gasteiger partial charge in [0.25, 0.3) is 0 Å². The summed E-state index contributed by atoms with van der Waals surface area (Å²) in [5.41, 5.74) is 0. The molecule has 0 fully saturated rings. The van der Waals surface area contributed by atoms with E-state index in [0.717, 1.165) is 6.42 Å². The van der Waals surface area contributed by atoms with Crippen LogP contribution in [0.1, 0.15) is 58.3 Å². The van der Waals surface area contributed by atoms with E-state index in [0.29, 0.717) is 6.61 Å². The maximum atomic E-state index is 8.60. The highest BCUT2D eigenvalue weighted by Crippen LogP contribution is 2.08. The Morgan fingerprint density at radius 1 is 0.800 bits per heavy atom. The molecule has 0 heterocycles. The van der Waals surface area contributed by atoms with E-state index in [1.807, 2.05) is 6.92 Å². The summed E-state index contributed by atoms with van der Waals surface area (Å²) in [5, 5.41) is 8.60. The van der Waals surface area contributed by atoms with Crippen LogP contribution in [0.3, 0.4) is 0 Å². The number of aliphatic hydroxyl groups is 1. The minimum Gasteiger partial charge on any atom is -0.396 e. The van der Waals surface area contributed by atoms with Crippen LogP contribution in [0.4, 0.5) is 0 Å². The largest absolute Gasteiger partial charge is 0.396 e. The predicted molar refractivity (Wildman–Crippen MR) is 68.0 cm³/mol. The molecule has 0 unspecified atom stereocenters. The summed E-state index contributed by atoms with van der Waals surface area (Å²) in [4.78, 5) is 0. The van der Waals surface area contributed by atoms with E-state index in [-0.39, 0.29) is 0 Å². The lowest BCUT2D eigenvalue weighted by atomic mass is 10.1. The molecule has 0 aromatic heterocycles. The molecular formula is C14H26O. The minimum absolute atomic E-state index is 0.357. The van der Waals surface area contributed by atoms with Crippen molar-refractivity contribution in [2.24, 2.45) is 0 Å². The third-order valence-corrected chi connectivity index (χ3v) is 2.47. The van der Waals surface area contributed by atoms with E-state index < -0.39 is 0 Å². The minimum atomic E-state index is 0.357. The van der Waals surface area contributed by atoms with Gasteiger partial charge < -0.3 is 5.11 Å². The van der Waals surface area contributed by atoms with E-state index >= 15 is 0 Å². The number of allylic oxidation sites excluding steroid dienone is 4. The van der Waals surface area contributed by atoms with Gasteiger partial charge in [0.15, 0.2) is 0 Å². The second-order valence-corrected chi connectivity index (χ2v) is 3.94. The summed E-state index contributed by atoms with van der Waals surface area (Å²) in [6.07, 6.45) is 18.5. The van der Waals surface area contributed by atoms with Crippen LogP contribution in [0, 0.1) is 0 Å². The molecule has 0 rings (SSSR count). The number of unbranched alkanes of at least 4 members (excludes halogenated alkanes) is 7.